The lowest BCUT2D eigenvalue weighted by Gasteiger charge is -2.30. The molecule has 1 atom stereocenters. The Kier molecular flexibility index (Phi) is 9.68. The molecule has 0 unspecified atom stereocenters. The monoisotopic (exact) mass is 485 g/mol. The smallest absolute Gasteiger partial charge is 0.408 e. The minimum atomic E-state index is -1.08. The van der Waals surface area contributed by atoms with Gasteiger partial charge in [0.2, 0.25) is 0 Å². The maximum absolute atomic E-state index is 12.9. The summed E-state index contributed by atoms with van der Waals surface area (Å²) in [6, 6.07) is 15.4. The number of ether oxygens (including phenoxy) is 4. The number of rotatable bonds is 10. The zero-order valence-corrected chi connectivity index (χ0v) is 21.3. The molecule has 0 bridgehead atoms. The topological polar surface area (TPSA) is 100 Å². The lowest BCUT2D eigenvalue weighted by atomic mass is 9.86. The number of amides is 1. The van der Waals surface area contributed by atoms with E-state index in [1.807, 2.05) is 30.3 Å². The van der Waals surface area contributed by atoms with Gasteiger partial charge in [-0.05, 0) is 42.5 Å². The molecule has 0 saturated heterocycles. The molecule has 0 aliphatic rings. The van der Waals surface area contributed by atoms with Crippen LogP contribution in [0.3, 0.4) is 0 Å². The third kappa shape index (κ3) is 8.96. The second-order valence-electron chi connectivity index (χ2n) is 9.92. The molecule has 2 rings (SSSR count). The molecule has 0 heterocycles. The van der Waals surface area contributed by atoms with Gasteiger partial charge in [-0.25, -0.2) is 9.59 Å². The Labute approximate surface area is 206 Å². The number of carbonyl (C=O) groups is 3. The Bertz CT molecular complexity index is 979. The summed E-state index contributed by atoms with van der Waals surface area (Å²) >= 11 is 0. The second-order valence-corrected chi connectivity index (χ2v) is 9.92. The van der Waals surface area contributed by atoms with Crippen LogP contribution in [-0.2, 0) is 37.0 Å². The van der Waals surface area contributed by atoms with Crippen molar-refractivity contribution in [3.63, 3.8) is 0 Å². The molecule has 0 spiro atoms. The average Bonchev–Trinajstić information content (AvgIpc) is 2.83. The molecule has 0 aliphatic carbocycles. The van der Waals surface area contributed by atoms with Gasteiger partial charge in [0.05, 0.1) is 12.5 Å². The van der Waals surface area contributed by atoms with E-state index < -0.39 is 34.9 Å². The standard InChI is InChI=1S/C27H35NO7/c1-26(2,3)22(28-25(31)34-17-19-10-8-7-9-11-19)23(29)35-18-27(4,5)24(30)33-16-20-12-14-21(32-6)15-13-20/h7-15,22H,16-18H2,1-6H3,(H,28,31)/t22-/m1/s1. The van der Waals surface area contributed by atoms with Crippen LogP contribution in [0.2, 0.25) is 0 Å². The molecule has 8 nitrogen and oxygen atoms in total. The third-order valence-electron chi connectivity index (χ3n) is 5.23. The Balaban J connectivity index is 1.89. The van der Waals surface area contributed by atoms with Crippen molar-refractivity contribution in [2.75, 3.05) is 13.7 Å². The second kappa shape index (κ2) is 12.2. The van der Waals surface area contributed by atoms with Gasteiger partial charge in [0, 0.05) is 0 Å². The Morgan fingerprint density at radius 1 is 0.800 bits per heavy atom. The fourth-order valence-electron chi connectivity index (χ4n) is 2.97. The third-order valence-corrected chi connectivity index (χ3v) is 5.23. The number of carbonyl (C=O) groups excluding carboxylic acids is 3. The first-order chi connectivity index (χ1) is 16.4. The normalized spacial score (nSPS) is 12.3. The summed E-state index contributed by atoms with van der Waals surface area (Å²) < 4.78 is 21.2. The van der Waals surface area contributed by atoms with Gasteiger partial charge in [-0.1, -0.05) is 63.2 Å². The first-order valence-corrected chi connectivity index (χ1v) is 11.4. The molecule has 1 N–H and O–H groups in total. The first kappa shape index (κ1) is 27.7. The van der Waals surface area contributed by atoms with Crippen LogP contribution in [0.5, 0.6) is 5.75 Å². The number of alkyl carbamates (subject to hydrolysis) is 1. The van der Waals surface area contributed by atoms with Gasteiger partial charge in [-0.2, -0.15) is 0 Å². The lowest BCUT2D eigenvalue weighted by Crippen LogP contribution is -2.50. The molecule has 0 fully saturated rings. The van der Waals surface area contributed by atoms with E-state index in [1.165, 1.54) is 0 Å². The van der Waals surface area contributed by atoms with Crippen molar-refractivity contribution < 1.29 is 33.3 Å². The predicted octanol–water partition coefficient (Wildman–Crippen LogP) is 4.65. The Morgan fingerprint density at radius 2 is 1.37 bits per heavy atom. The molecule has 190 valence electrons. The van der Waals surface area contributed by atoms with Crippen LogP contribution >= 0.6 is 0 Å². The number of hydrogen-bond acceptors (Lipinski definition) is 7. The van der Waals surface area contributed by atoms with Crippen LogP contribution in [-0.4, -0.2) is 37.8 Å². The SMILES string of the molecule is COc1ccc(COC(=O)C(C)(C)COC(=O)[C@@H](NC(=O)OCc2ccccc2)C(C)(C)C)cc1. The number of hydrogen-bond donors (Lipinski definition) is 1. The van der Waals surface area contributed by atoms with E-state index in [-0.39, 0.29) is 19.8 Å². The van der Waals surface area contributed by atoms with Crippen molar-refractivity contribution in [3.8, 4) is 5.75 Å². The molecular formula is C27H35NO7. The first-order valence-electron chi connectivity index (χ1n) is 11.4. The largest absolute Gasteiger partial charge is 0.497 e. The van der Waals surface area contributed by atoms with E-state index in [2.05, 4.69) is 5.32 Å². The van der Waals surface area contributed by atoms with E-state index >= 15 is 0 Å². The highest BCUT2D eigenvalue weighted by Crippen LogP contribution is 2.24. The maximum Gasteiger partial charge on any atom is 0.408 e. The summed E-state index contributed by atoms with van der Waals surface area (Å²) in [6.07, 6.45) is -0.733. The highest BCUT2D eigenvalue weighted by molar-refractivity contribution is 5.83. The zero-order valence-electron chi connectivity index (χ0n) is 21.3. The van der Waals surface area contributed by atoms with Gasteiger partial charge >= 0.3 is 18.0 Å². The van der Waals surface area contributed by atoms with E-state index in [0.29, 0.717) is 5.75 Å². The molecule has 2 aromatic carbocycles. The van der Waals surface area contributed by atoms with E-state index in [4.69, 9.17) is 18.9 Å². The van der Waals surface area contributed by atoms with Gasteiger partial charge in [-0.15, -0.1) is 0 Å². The summed E-state index contributed by atoms with van der Waals surface area (Å²) in [5, 5.41) is 2.59. The van der Waals surface area contributed by atoms with E-state index in [0.717, 1.165) is 11.1 Å². The van der Waals surface area contributed by atoms with Crippen molar-refractivity contribution in [3.05, 3.63) is 65.7 Å². The van der Waals surface area contributed by atoms with Crippen LogP contribution in [0.15, 0.2) is 54.6 Å². The summed E-state index contributed by atoms with van der Waals surface area (Å²) in [5.41, 5.74) is -0.106. The van der Waals surface area contributed by atoms with Crippen molar-refractivity contribution in [1.82, 2.24) is 5.32 Å². The molecule has 0 radical (unpaired) electrons. The maximum atomic E-state index is 12.9. The summed E-state index contributed by atoms with van der Waals surface area (Å²) in [6.45, 7) is 8.60. The highest BCUT2D eigenvalue weighted by Gasteiger charge is 2.37. The number of nitrogens with one attached hydrogen (secondary N) is 1. The van der Waals surface area contributed by atoms with Crippen molar-refractivity contribution in [2.24, 2.45) is 10.8 Å². The van der Waals surface area contributed by atoms with Crippen LogP contribution in [0, 0.1) is 10.8 Å². The van der Waals surface area contributed by atoms with E-state index in [9.17, 15) is 14.4 Å². The summed E-state index contributed by atoms with van der Waals surface area (Å²) in [4.78, 5) is 37.8. The molecule has 35 heavy (non-hydrogen) atoms. The molecule has 0 aromatic heterocycles. The van der Waals surface area contributed by atoms with Crippen LogP contribution in [0.4, 0.5) is 4.79 Å². The van der Waals surface area contributed by atoms with Crippen molar-refractivity contribution >= 4 is 18.0 Å². The van der Waals surface area contributed by atoms with Gasteiger partial charge in [0.25, 0.3) is 0 Å². The fraction of sp³-hybridized carbons (Fsp3) is 0.444. The molecule has 2 aromatic rings. The van der Waals surface area contributed by atoms with Gasteiger partial charge in [-0.3, -0.25) is 4.79 Å². The Hall–Kier alpha value is -3.55. The highest BCUT2D eigenvalue weighted by atomic mass is 16.6. The van der Waals surface area contributed by atoms with Gasteiger partial charge < -0.3 is 24.3 Å². The summed E-state index contributed by atoms with van der Waals surface area (Å²) in [7, 11) is 1.58. The van der Waals surface area contributed by atoms with Gasteiger partial charge in [0.15, 0.2) is 0 Å². The van der Waals surface area contributed by atoms with Crippen molar-refractivity contribution in [1.29, 1.82) is 0 Å². The minimum Gasteiger partial charge on any atom is -0.497 e. The van der Waals surface area contributed by atoms with Crippen LogP contribution in [0.25, 0.3) is 0 Å². The molecule has 0 aliphatic heterocycles. The van der Waals surface area contributed by atoms with Gasteiger partial charge in [0.1, 0.15) is 31.6 Å². The van der Waals surface area contributed by atoms with E-state index in [1.54, 1.807) is 66.0 Å². The quantitative estimate of drug-likeness (QED) is 0.386. The minimum absolute atomic E-state index is 0.0751. The lowest BCUT2D eigenvalue weighted by molar-refractivity contribution is -0.164. The molecule has 0 saturated carbocycles. The molecule has 8 heteroatoms. The number of methoxy groups -OCH3 is 1. The average molecular weight is 486 g/mol. The Morgan fingerprint density at radius 3 is 1.94 bits per heavy atom. The fourth-order valence-corrected chi connectivity index (χ4v) is 2.97. The molecular weight excluding hydrogens is 450 g/mol. The van der Waals surface area contributed by atoms with Crippen LogP contribution < -0.4 is 10.1 Å². The summed E-state index contributed by atoms with van der Waals surface area (Å²) in [5.74, 6) is -0.466. The molecule has 1 amide bonds. The zero-order chi connectivity index (χ0) is 26.1. The predicted molar refractivity (Wildman–Crippen MR) is 131 cm³/mol. The number of benzene rings is 2. The number of esters is 2. The van der Waals surface area contributed by atoms with Crippen molar-refractivity contribution in [2.45, 2.75) is 53.9 Å². The van der Waals surface area contributed by atoms with Crippen LogP contribution in [0.1, 0.15) is 45.7 Å².